The molecule has 0 radical (unpaired) electrons. The lowest BCUT2D eigenvalue weighted by Crippen LogP contribution is -2.25. The van der Waals surface area contributed by atoms with Crippen molar-refractivity contribution in [3.05, 3.63) is 47.7 Å². The van der Waals surface area contributed by atoms with Crippen molar-refractivity contribution in [1.82, 2.24) is 0 Å². The Morgan fingerprint density at radius 3 is 2.57 bits per heavy atom. The molecule has 5 heteroatoms. The van der Waals surface area contributed by atoms with E-state index < -0.39 is 17.9 Å². The summed E-state index contributed by atoms with van der Waals surface area (Å²) in [6.45, 7) is 1.96. The Bertz CT molecular complexity index is 574. The molecule has 0 aliphatic heterocycles. The highest BCUT2D eigenvalue weighted by Crippen LogP contribution is 2.25. The van der Waals surface area contributed by atoms with Crippen LogP contribution in [0.2, 0.25) is 0 Å². The Hall–Kier alpha value is -2.43. The molecular formula is C16H16O5. The predicted octanol–water partition coefficient (Wildman–Crippen LogP) is 2.27. The fourth-order valence-corrected chi connectivity index (χ4v) is 2.11. The Balaban J connectivity index is 2.04. The quantitative estimate of drug-likeness (QED) is 0.795. The summed E-state index contributed by atoms with van der Waals surface area (Å²) in [5, 5.41) is 0. The van der Waals surface area contributed by atoms with E-state index in [4.69, 9.17) is 9.47 Å². The first kappa shape index (κ1) is 15.0. The van der Waals surface area contributed by atoms with Gasteiger partial charge in [-0.1, -0.05) is 18.2 Å². The van der Waals surface area contributed by atoms with Crippen LogP contribution in [0.15, 0.2) is 42.2 Å². The Morgan fingerprint density at radius 1 is 1.19 bits per heavy atom. The van der Waals surface area contributed by atoms with Crippen molar-refractivity contribution < 1.29 is 23.9 Å². The highest BCUT2D eigenvalue weighted by atomic mass is 16.5. The maximum absolute atomic E-state index is 11.9. The van der Waals surface area contributed by atoms with Gasteiger partial charge in [0.1, 0.15) is 5.76 Å². The van der Waals surface area contributed by atoms with Crippen molar-refractivity contribution in [2.75, 3.05) is 6.61 Å². The van der Waals surface area contributed by atoms with Gasteiger partial charge in [0.05, 0.1) is 18.1 Å². The van der Waals surface area contributed by atoms with Gasteiger partial charge in [-0.05, 0) is 19.1 Å². The number of benzene rings is 1. The molecule has 21 heavy (non-hydrogen) atoms. The topological polar surface area (TPSA) is 69.7 Å². The minimum absolute atomic E-state index is 0.0885. The van der Waals surface area contributed by atoms with Crippen LogP contribution in [-0.2, 0) is 19.1 Å². The van der Waals surface area contributed by atoms with Crippen molar-refractivity contribution in [2.45, 2.75) is 19.8 Å². The number of carbonyl (C=O) groups is 3. The third-order valence-corrected chi connectivity index (χ3v) is 3.07. The van der Waals surface area contributed by atoms with Crippen molar-refractivity contribution in [2.24, 2.45) is 5.92 Å². The van der Waals surface area contributed by atoms with Gasteiger partial charge in [0.25, 0.3) is 0 Å². The molecule has 1 aliphatic carbocycles. The summed E-state index contributed by atoms with van der Waals surface area (Å²) in [6, 6.07) is 8.47. The zero-order chi connectivity index (χ0) is 15.2. The number of carbonyl (C=O) groups excluding carboxylic acids is 3. The maximum atomic E-state index is 11.9. The number of ketones is 1. The lowest BCUT2D eigenvalue weighted by molar-refractivity contribution is -0.149. The minimum Gasteiger partial charge on any atom is -0.466 e. The number of allylic oxidation sites excluding steroid dienone is 2. The molecule has 0 N–H and O–H groups in total. The van der Waals surface area contributed by atoms with Gasteiger partial charge < -0.3 is 9.47 Å². The van der Waals surface area contributed by atoms with Crippen LogP contribution in [0.3, 0.4) is 0 Å². The number of rotatable bonds is 4. The van der Waals surface area contributed by atoms with E-state index in [1.54, 1.807) is 37.3 Å². The molecule has 0 saturated heterocycles. The lowest BCUT2D eigenvalue weighted by atomic mass is 9.92. The fourth-order valence-electron chi connectivity index (χ4n) is 2.11. The SMILES string of the molecule is CCOC(=O)C1CC(=O)C=C(OC(=O)c2ccccc2)C1. The van der Waals surface area contributed by atoms with E-state index in [9.17, 15) is 14.4 Å². The van der Waals surface area contributed by atoms with E-state index in [1.807, 2.05) is 0 Å². The van der Waals surface area contributed by atoms with Gasteiger partial charge in [0.15, 0.2) is 5.78 Å². The number of esters is 2. The molecule has 1 aromatic carbocycles. The molecule has 0 spiro atoms. The molecule has 1 atom stereocenters. The summed E-state index contributed by atoms with van der Waals surface area (Å²) in [5.41, 5.74) is 0.393. The third-order valence-electron chi connectivity index (χ3n) is 3.07. The van der Waals surface area contributed by atoms with Crippen LogP contribution in [0, 0.1) is 5.92 Å². The van der Waals surface area contributed by atoms with E-state index in [0.717, 1.165) is 0 Å². The van der Waals surface area contributed by atoms with Crippen LogP contribution in [0.4, 0.5) is 0 Å². The first-order valence-corrected chi connectivity index (χ1v) is 6.77. The Morgan fingerprint density at radius 2 is 1.90 bits per heavy atom. The molecule has 0 heterocycles. The second-order valence-electron chi connectivity index (χ2n) is 4.69. The van der Waals surface area contributed by atoms with E-state index in [-0.39, 0.29) is 31.0 Å². The van der Waals surface area contributed by atoms with E-state index >= 15 is 0 Å². The average Bonchev–Trinajstić information content (AvgIpc) is 2.47. The first-order chi connectivity index (χ1) is 10.1. The molecule has 1 unspecified atom stereocenters. The van der Waals surface area contributed by atoms with Crippen LogP contribution in [0.5, 0.6) is 0 Å². The van der Waals surface area contributed by atoms with Gasteiger partial charge in [0.2, 0.25) is 0 Å². The zero-order valence-electron chi connectivity index (χ0n) is 11.7. The smallest absolute Gasteiger partial charge is 0.343 e. The second-order valence-corrected chi connectivity index (χ2v) is 4.69. The van der Waals surface area contributed by atoms with Crippen molar-refractivity contribution in [1.29, 1.82) is 0 Å². The van der Waals surface area contributed by atoms with Gasteiger partial charge in [-0.2, -0.15) is 0 Å². The zero-order valence-corrected chi connectivity index (χ0v) is 11.7. The van der Waals surface area contributed by atoms with Crippen LogP contribution in [0.25, 0.3) is 0 Å². The molecule has 0 saturated carbocycles. The largest absolute Gasteiger partial charge is 0.466 e. The van der Waals surface area contributed by atoms with Crippen LogP contribution in [-0.4, -0.2) is 24.3 Å². The Labute approximate surface area is 122 Å². The minimum atomic E-state index is -0.582. The number of hydrogen-bond acceptors (Lipinski definition) is 5. The molecule has 1 aromatic rings. The van der Waals surface area contributed by atoms with Crippen molar-refractivity contribution >= 4 is 17.7 Å². The first-order valence-electron chi connectivity index (χ1n) is 6.77. The molecule has 0 amide bonds. The molecule has 5 nitrogen and oxygen atoms in total. The third kappa shape index (κ3) is 4.02. The summed E-state index contributed by atoms with van der Waals surface area (Å²) in [6.07, 6.45) is 1.56. The monoisotopic (exact) mass is 288 g/mol. The van der Waals surface area contributed by atoms with Gasteiger partial charge in [-0.15, -0.1) is 0 Å². The van der Waals surface area contributed by atoms with Crippen LogP contribution in [0.1, 0.15) is 30.1 Å². The molecular weight excluding hydrogens is 272 g/mol. The second kappa shape index (κ2) is 6.83. The highest BCUT2D eigenvalue weighted by Gasteiger charge is 2.29. The molecule has 1 aliphatic rings. The van der Waals surface area contributed by atoms with E-state index in [2.05, 4.69) is 0 Å². The highest BCUT2D eigenvalue weighted by molar-refractivity contribution is 5.96. The van der Waals surface area contributed by atoms with Gasteiger partial charge in [0, 0.05) is 18.9 Å². The summed E-state index contributed by atoms with van der Waals surface area (Å²) in [7, 11) is 0. The number of ether oxygens (including phenoxy) is 2. The Kier molecular flexibility index (Phi) is 4.87. The molecule has 110 valence electrons. The molecule has 0 bridgehead atoms. The van der Waals surface area contributed by atoms with Gasteiger partial charge >= 0.3 is 11.9 Å². The summed E-state index contributed by atoms with van der Waals surface area (Å²) >= 11 is 0. The summed E-state index contributed by atoms with van der Waals surface area (Å²) in [4.78, 5) is 35.3. The van der Waals surface area contributed by atoms with Crippen LogP contribution < -0.4 is 0 Å². The summed E-state index contributed by atoms with van der Waals surface area (Å²) in [5.74, 6) is -1.60. The lowest BCUT2D eigenvalue weighted by Gasteiger charge is -2.20. The van der Waals surface area contributed by atoms with Gasteiger partial charge in [-0.3, -0.25) is 9.59 Å². The van der Waals surface area contributed by atoms with Gasteiger partial charge in [-0.25, -0.2) is 4.79 Å². The van der Waals surface area contributed by atoms with Crippen molar-refractivity contribution in [3.63, 3.8) is 0 Å². The maximum Gasteiger partial charge on any atom is 0.343 e. The molecule has 2 rings (SSSR count). The van der Waals surface area contributed by atoms with E-state index in [0.29, 0.717) is 5.56 Å². The normalized spacial score (nSPS) is 17.9. The fraction of sp³-hybridized carbons (Fsp3) is 0.312. The standard InChI is InChI=1S/C16H16O5/c1-2-20-15(18)12-8-13(17)10-14(9-12)21-16(19)11-6-4-3-5-7-11/h3-7,10,12H,2,8-9H2,1H3. The molecule has 0 aromatic heterocycles. The van der Waals surface area contributed by atoms with Crippen molar-refractivity contribution in [3.8, 4) is 0 Å². The number of hydrogen-bond donors (Lipinski definition) is 0. The van der Waals surface area contributed by atoms with Crippen LogP contribution >= 0.6 is 0 Å². The summed E-state index contributed by atoms with van der Waals surface area (Å²) < 4.78 is 10.1. The molecule has 0 fully saturated rings. The van der Waals surface area contributed by atoms with E-state index in [1.165, 1.54) is 6.08 Å². The predicted molar refractivity (Wildman–Crippen MR) is 74.3 cm³/mol. The average molecular weight is 288 g/mol.